The topological polar surface area (TPSA) is 22.0 Å². The first-order valence-corrected chi connectivity index (χ1v) is 5.45. The van der Waals surface area contributed by atoms with Gasteiger partial charge in [0, 0.05) is 23.2 Å². The number of carbonyl (C=O) groups is 1. The summed E-state index contributed by atoms with van der Waals surface area (Å²) in [6, 6.07) is 5.81. The van der Waals surface area contributed by atoms with Gasteiger partial charge in [-0.1, -0.05) is 17.7 Å². The number of halogens is 1. The van der Waals surface area contributed by atoms with Gasteiger partial charge in [0.2, 0.25) is 0 Å². The number of carbonyl (C=O) groups excluding carboxylic acids is 1. The van der Waals surface area contributed by atoms with E-state index in [-0.39, 0.29) is 0 Å². The summed E-state index contributed by atoms with van der Waals surface area (Å²) >= 11 is 6.14. The third kappa shape index (κ3) is 1.08. The molecular weight excluding hydrogens is 210 g/mol. The molecule has 1 aliphatic rings. The van der Waals surface area contributed by atoms with Crippen LogP contribution in [0.5, 0.6) is 0 Å². The number of fused-ring (bicyclic) bond motifs is 3. The molecule has 15 heavy (non-hydrogen) atoms. The number of hydrogen-bond acceptors (Lipinski definition) is 1. The van der Waals surface area contributed by atoms with Gasteiger partial charge in [-0.05, 0) is 25.0 Å². The number of rotatable bonds is 1. The lowest BCUT2D eigenvalue weighted by molar-refractivity contribution is 0.112. The predicted octanol–water partition coefficient (Wildman–Crippen LogP) is 3.05. The van der Waals surface area contributed by atoms with Crippen molar-refractivity contribution in [3.05, 3.63) is 34.5 Å². The smallest absolute Gasteiger partial charge is 0.152 e. The molecule has 1 aliphatic heterocycles. The molecule has 0 aliphatic carbocycles. The molecule has 0 spiro atoms. The van der Waals surface area contributed by atoms with E-state index in [0.29, 0.717) is 5.02 Å². The summed E-state index contributed by atoms with van der Waals surface area (Å²) in [6.07, 6.45) is 3.04. The van der Waals surface area contributed by atoms with E-state index in [9.17, 15) is 4.79 Å². The van der Waals surface area contributed by atoms with E-state index in [1.165, 1.54) is 0 Å². The Morgan fingerprint density at radius 1 is 1.40 bits per heavy atom. The molecule has 3 rings (SSSR count). The fourth-order valence-corrected chi connectivity index (χ4v) is 2.77. The molecular formula is C12H10ClNO. The fraction of sp³-hybridized carbons (Fsp3) is 0.250. The lowest BCUT2D eigenvalue weighted by atomic mass is 10.1. The van der Waals surface area contributed by atoms with Gasteiger partial charge < -0.3 is 4.57 Å². The average Bonchev–Trinajstić information content (AvgIpc) is 2.78. The van der Waals surface area contributed by atoms with E-state index in [2.05, 4.69) is 4.57 Å². The average molecular weight is 220 g/mol. The van der Waals surface area contributed by atoms with Gasteiger partial charge in [-0.15, -0.1) is 0 Å². The zero-order valence-electron chi connectivity index (χ0n) is 8.16. The maximum absolute atomic E-state index is 11.1. The minimum atomic E-state index is 0.677. The lowest BCUT2D eigenvalue weighted by Crippen LogP contribution is -1.91. The Kier molecular flexibility index (Phi) is 1.86. The predicted molar refractivity (Wildman–Crippen MR) is 60.7 cm³/mol. The van der Waals surface area contributed by atoms with Gasteiger partial charge in [0.25, 0.3) is 0 Å². The first kappa shape index (κ1) is 8.98. The Labute approximate surface area is 92.5 Å². The maximum Gasteiger partial charge on any atom is 0.152 e. The van der Waals surface area contributed by atoms with Crippen LogP contribution >= 0.6 is 11.6 Å². The summed E-state index contributed by atoms with van der Waals surface area (Å²) in [7, 11) is 0. The minimum absolute atomic E-state index is 0.677. The number of aldehydes is 1. The summed E-state index contributed by atoms with van der Waals surface area (Å²) < 4.78 is 2.21. The van der Waals surface area contributed by atoms with Crippen LogP contribution in [0, 0.1) is 0 Å². The number of nitrogens with zero attached hydrogens (tertiary/aromatic N) is 1. The molecule has 0 N–H and O–H groups in total. The van der Waals surface area contributed by atoms with Crippen LogP contribution in [0.25, 0.3) is 10.9 Å². The van der Waals surface area contributed by atoms with Crippen LogP contribution in [-0.4, -0.2) is 10.9 Å². The zero-order valence-corrected chi connectivity index (χ0v) is 8.92. The van der Waals surface area contributed by atoms with Crippen molar-refractivity contribution in [2.24, 2.45) is 0 Å². The Hall–Kier alpha value is -1.28. The largest absolute Gasteiger partial charge is 0.344 e. The Balaban J connectivity index is 2.52. The van der Waals surface area contributed by atoms with Crippen LogP contribution in [-0.2, 0) is 13.0 Å². The van der Waals surface area contributed by atoms with Crippen molar-refractivity contribution >= 4 is 28.8 Å². The highest BCUT2D eigenvalue weighted by atomic mass is 35.5. The highest BCUT2D eigenvalue weighted by Gasteiger charge is 2.21. The molecule has 0 radical (unpaired) electrons. The quantitative estimate of drug-likeness (QED) is 0.676. The van der Waals surface area contributed by atoms with Crippen LogP contribution in [0.4, 0.5) is 0 Å². The monoisotopic (exact) mass is 219 g/mol. The molecule has 76 valence electrons. The van der Waals surface area contributed by atoms with Gasteiger partial charge in [-0.3, -0.25) is 4.79 Å². The summed E-state index contributed by atoms with van der Waals surface area (Å²) in [5.41, 5.74) is 3.03. The van der Waals surface area contributed by atoms with Crippen LogP contribution in [0.15, 0.2) is 18.2 Å². The van der Waals surface area contributed by atoms with Gasteiger partial charge in [0.05, 0.1) is 10.5 Å². The van der Waals surface area contributed by atoms with Gasteiger partial charge in [0.1, 0.15) is 0 Å². The highest BCUT2D eigenvalue weighted by Crippen LogP contribution is 2.34. The molecule has 1 aromatic heterocycles. The summed E-state index contributed by atoms with van der Waals surface area (Å²) in [5.74, 6) is 0. The number of aromatic nitrogens is 1. The molecule has 0 bridgehead atoms. The second-order valence-corrected chi connectivity index (χ2v) is 4.27. The van der Waals surface area contributed by atoms with Crippen molar-refractivity contribution in [2.75, 3.05) is 0 Å². The Morgan fingerprint density at radius 3 is 3.07 bits per heavy atom. The third-order valence-corrected chi connectivity index (χ3v) is 3.42. The lowest BCUT2D eigenvalue weighted by Gasteiger charge is -1.99. The minimum Gasteiger partial charge on any atom is -0.344 e. The molecule has 2 aromatic rings. The van der Waals surface area contributed by atoms with Crippen LogP contribution in [0.3, 0.4) is 0 Å². The van der Waals surface area contributed by atoms with Crippen molar-refractivity contribution in [3.8, 4) is 0 Å². The second-order valence-electron chi connectivity index (χ2n) is 3.87. The molecule has 0 saturated heterocycles. The number of aryl methyl sites for hydroxylation is 1. The van der Waals surface area contributed by atoms with Gasteiger partial charge in [0.15, 0.2) is 6.29 Å². The molecule has 3 heteroatoms. The molecule has 0 amide bonds. The van der Waals surface area contributed by atoms with Crippen LogP contribution in [0.2, 0.25) is 5.02 Å². The molecule has 0 fully saturated rings. The highest BCUT2D eigenvalue weighted by molar-refractivity contribution is 6.36. The van der Waals surface area contributed by atoms with Gasteiger partial charge in [-0.25, -0.2) is 0 Å². The molecule has 0 atom stereocenters. The SMILES string of the molecule is O=Cc1c2n(c3cccc(Cl)c13)CCC2. The van der Waals surface area contributed by atoms with Crippen LogP contribution < -0.4 is 0 Å². The number of benzene rings is 1. The van der Waals surface area contributed by atoms with Gasteiger partial charge in [-0.2, -0.15) is 0 Å². The van der Waals surface area contributed by atoms with Crippen molar-refractivity contribution in [1.29, 1.82) is 0 Å². The molecule has 0 saturated carbocycles. The van der Waals surface area contributed by atoms with E-state index in [4.69, 9.17) is 11.6 Å². The van der Waals surface area contributed by atoms with Gasteiger partial charge >= 0.3 is 0 Å². The van der Waals surface area contributed by atoms with E-state index < -0.39 is 0 Å². The van der Waals surface area contributed by atoms with Crippen molar-refractivity contribution < 1.29 is 4.79 Å². The first-order valence-electron chi connectivity index (χ1n) is 5.07. The van der Waals surface area contributed by atoms with Crippen molar-refractivity contribution in [3.63, 3.8) is 0 Å². The first-order chi connectivity index (χ1) is 7.33. The van der Waals surface area contributed by atoms with E-state index in [1.807, 2.05) is 18.2 Å². The molecule has 2 nitrogen and oxygen atoms in total. The second kappa shape index (κ2) is 3.11. The Bertz CT molecular complexity index is 556. The fourth-order valence-electron chi connectivity index (χ4n) is 2.50. The molecule has 1 aromatic carbocycles. The van der Waals surface area contributed by atoms with E-state index in [1.54, 1.807) is 0 Å². The normalized spacial score (nSPS) is 14.5. The van der Waals surface area contributed by atoms with Crippen molar-refractivity contribution in [2.45, 2.75) is 19.4 Å². The van der Waals surface area contributed by atoms with E-state index in [0.717, 1.165) is 47.8 Å². The number of hydrogen-bond donors (Lipinski definition) is 0. The van der Waals surface area contributed by atoms with E-state index >= 15 is 0 Å². The summed E-state index contributed by atoms with van der Waals surface area (Å²) in [6.45, 7) is 1.00. The Morgan fingerprint density at radius 2 is 2.27 bits per heavy atom. The molecule has 2 heterocycles. The van der Waals surface area contributed by atoms with Crippen molar-refractivity contribution in [1.82, 2.24) is 4.57 Å². The summed E-state index contributed by atoms with van der Waals surface area (Å²) in [5, 5.41) is 1.60. The van der Waals surface area contributed by atoms with Crippen LogP contribution in [0.1, 0.15) is 22.5 Å². The maximum atomic E-state index is 11.1. The molecule has 0 unspecified atom stereocenters. The summed E-state index contributed by atoms with van der Waals surface area (Å²) in [4.78, 5) is 11.1. The third-order valence-electron chi connectivity index (χ3n) is 3.10. The standard InChI is InChI=1S/C12H10ClNO/c13-9-3-1-4-11-12(9)8(7-15)10-5-2-6-14(10)11/h1,3-4,7H,2,5-6H2. The zero-order chi connectivity index (χ0) is 10.4.